The fourth-order valence-electron chi connectivity index (χ4n) is 3.35. The summed E-state index contributed by atoms with van der Waals surface area (Å²) in [5, 5.41) is 0. The van der Waals surface area contributed by atoms with Crippen molar-refractivity contribution in [2.24, 2.45) is 11.8 Å². The third kappa shape index (κ3) is 5.89. The minimum Gasteiger partial charge on any atom is -0.497 e. The molecule has 3 nitrogen and oxygen atoms in total. The van der Waals surface area contributed by atoms with E-state index in [1.807, 2.05) is 29.2 Å². The molecule has 0 radical (unpaired) electrons. The third-order valence-corrected chi connectivity index (χ3v) is 4.85. The summed E-state index contributed by atoms with van der Waals surface area (Å²) in [4.78, 5) is 14.5. The van der Waals surface area contributed by atoms with Crippen LogP contribution in [0.1, 0.15) is 51.5 Å². The average Bonchev–Trinajstić information content (AvgIpc) is 2.55. The molecule has 0 saturated carbocycles. The first-order valence-electron chi connectivity index (χ1n) is 8.99. The van der Waals surface area contributed by atoms with Gasteiger partial charge in [0, 0.05) is 13.1 Å². The molecule has 1 aliphatic heterocycles. The third-order valence-electron chi connectivity index (χ3n) is 4.85. The maximum atomic E-state index is 12.5. The number of methoxy groups -OCH3 is 1. The first kappa shape index (κ1) is 17.8. The SMILES string of the molecule is COc1cccc(CC(=O)N2CCC(CCCC(C)C)CC2)c1. The maximum absolute atomic E-state index is 12.5. The quantitative estimate of drug-likeness (QED) is 0.750. The Kier molecular flexibility index (Phi) is 6.94. The Bertz CT molecular complexity index is 490. The van der Waals surface area contributed by atoms with Gasteiger partial charge in [-0.05, 0) is 42.4 Å². The smallest absolute Gasteiger partial charge is 0.226 e. The summed E-state index contributed by atoms with van der Waals surface area (Å²) in [5.74, 6) is 2.69. The van der Waals surface area contributed by atoms with Crippen molar-refractivity contribution in [3.63, 3.8) is 0 Å². The van der Waals surface area contributed by atoms with Crippen LogP contribution in [0, 0.1) is 11.8 Å². The van der Waals surface area contributed by atoms with Crippen molar-refractivity contribution in [1.29, 1.82) is 0 Å². The largest absolute Gasteiger partial charge is 0.497 e. The molecular weight excluding hydrogens is 286 g/mol. The van der Waals surface area contributed by atoms with Gasteiger partial charge >= 0.3 is 0 Å². The van der Waals surface area contributed by atoms with Gasteiger partial charge in [-0.1, -0.05) is 45.2 Å². The lowest BCUT2D eigenvalue weighted by atomic mass is 9.90. The van der Waals surface area contributed by atoms with Crippen molar-refractivity contribution in [3.8, 4) is 5.75 Å². The zero-order valence-electron chi connectivity index (χ0n) is 14.9. The van der Waals surface area contributed by atoms with E-state index in [0.717, 1.165) is 36.2 Å². The summed E-state index contributed by atoms with van der Waals surface area (Å²) in [6, 6.07) is 7.81. The summed E-state index contributed by atoms with van der Waals surface area (Å²) in [6.07, 6.45) is 6.81. The Hall–Kier alpha value is -1.51. The summed E-state index contributed by atoms with van der Waals surface area (Å²) < 4.78 is 5.23. The van der Waals surface area contributed by atoms with E-state index in [1.54, 1.807) is 7.11 Å². The summed E-state index contributed by atoms with van der Waals surface area (Å²) >= 11 is 0. The first-order chi connectivity index (χ1) is 11.1. The topological polar surface area (TPSA) is 29.5 Å². The van der Waals surface area contributed by atoms with Crippen LogP contribution in [0.2, 0.25) is 0 Å². The fourth-order valence-corrected chi connectivity index (χ4v) is 3.35. The van der Waals surface area contributed by atoms with Crippen LogP contribution in [0.25, 0.3) is 0 Å². The van der Waals surface area contributed by atoms with Crippen molar-refractivity contribution in [2.75, 3.05) is 20.2 Å². The van der Waals surface area contributed by atoms with Crippen molar-refractivity contribution < 1.29 is 9.53 Å². The molecule has 1 saturated heterocycles. The average molecular weight is 317 g/mol. The van der Waals surface area contributed by atoms with Crippen LogP contribution in [0.5, 0.6) is 5.75 Å². The molecule has 128 valence electrons. The molecule has 0 unspecified atom stereocenters. The Balaban J connectivity index is 1.75. The van der Waals surface area contributed by atoms with Crippen LogP contribution in [-0.4, -0.2) is 31.0 Å². The molecule has 0 bridgehead atoms. The highest BCUT2D eigenvalue weighted by atomic mass is 16.5. The second-order valence-corrected chi connectivity index (χ2v) is 7.18. The molecular formula is C20H31NO2. The standard InChI is InChI=1S/C20H31NO2/c1-16(2)6-4-7-17-10-12-21(13-11-17)20(22)15-18-8-5-9-19(14-18)23-3/h5,8-9,14,16-17H,4,6-7,10-13,15H2,1-3H3. The zero-order chi connectivity index (χ0) is 16.7. The maximum Gasteiger partial charge on any atom is 0.226 e. The molecule has 1 aromatic carbocycles. The van der Waals surface area contributed by atoms with Gasteiger partial charge in [0.15, 0.2) is 0 Å². The number of carbonyl (C=O) groups excluding carboxylic acids is 1. The lowest BCUT2D eigenvalue weighted by molar-refractivity contribution is -0.131. The number of piperidine rings is 1. The molecule has 1 fully saturated rings. The van der Waals surface area contributed by atoms with E-state index in [1.165, 1.54) is 32.1 Å². The molecule has 3 heteroatoms. The first-order valence-corrected chi connectivity index (χ1v) is 8.99. The molecule has 1 aromatic rings. The highest BCUT2D eigenvalue weighted by molar-refractivity contribution is 5.79. The fraction of sp³-hybridized carbons (Fsp3) is 0.650. The number of carbonyl (C=O) groups is 1. The molecule has 1 heterocycles. The van der Waals surface area contributed by atoms with Gasteiger partial charge in [-0.3, -0.25) is 4.79 Å². The van der Waals surface area contributed by atoms with E-state index in [-0.39, 0.29) is 5.91 Å². The summed E-state index contributed by atoms with van der Waals surface area (Å²) in [5.41, 5.74) is 1.04. The highest BCUT2D eigenvalue weighted by Gasteiger charge is 2.22. The summed E-state index contributed by atoms with van der Waals surface area (Å²) in [6.45, 7) is 6.43. The van der Waals surface area contributed by atoms with E-state index in [4.69, 9.17) is 4.74 Å². The molecule has 0 atom stereocenters. The number of benzene rings is 1. The van der Waals surface area contributed by atoms with Gasteiger partial charge in [-0.15, -0.1) is 0 Å². The van der Waals surface area contributed by atoms with E-state index in [9.17, 15) is 4.79 Å². The van der Waals surface area contributed by atoms with Gasteiger partial charge < -0.3 is 9.64 Å². The molecule has 0 aliphatic carbocycles. The number of hydrogen-bond donors (Lipinski definition) is 0. The number of likely N-dealkylation sites (tertiary alicyclic amines) is 1. The van der Waals surface area contributed by atoms with Gasteiger partial charge in [-0.2, -0.15) is 0 Å². The molecule has 1 aliphatic rings. The van der Waals surface area contributed by atoms with E-state index in [2.05, 4.69) is 13.8 Å². The van der Waals surface area contributed by atoms with Crippen LogP contribution in [0.4, 0.5) is 0 Å². The second kappa shape index (κ2) is 8.95. The van der Waals surface area contributed by atoms with Crippen LogP contribution in [0.3, 0.4) is 0 Å². The minimum atomic E-state index is 0.249. The number of amides is 1. The van der Waals surface area contributed by atoms with E-state index in [0.29, 0.717) is 6.42 Å². The molecule has 0 N–H and O–H groups in total. The van der Waals surface area contributed by atoms with Crippen molar-refractivity contribution >= 4 is 5.91 Å². The molecule has 0 aromatic heterocycles. The van der Waals surface area contributed by atoms with Crippen LogP contribution in [0.15, 0.2) is 24.3 Å². The highest BCUT2D eigenvalue weighted by Crippen LogP contribution is 2.24. The van der Waals surface area contributed by atoms with Crippen molar-refractivity contribution in [2.45, 2.75) is 52.4 Å². The van der Waals surface area contributed by atoms with E-state index >= 15 is 0 Å². The molecule has 2 rings (SSSR count). The Labute approximate surface area is 141 Å². The van der Waals surface area contributed by atoms with Crippen molar-refractivity contribution in [3.05, 3.63) is 29.8 Å². The number of rotatable bonds is 7. The van der Waals surface area contributed by atoms with Gasteiger partial charge in [0.2, 0.25) is 5.91 Å². The molecule has 0 spiro atoms. The second-order valence-electron chi connectivity index (χ2n) is 7.18. The normalized spacial score (nSPS) is 15.9. The number of ether oxygens (including phenoxy) is 1. The Morgan fingerprint density at radius 2 is 2.04 bits per heavy atom. The van der Waals surface area contributed by atoms with Gasteiger partial charge in [0.25, 0.3) is 0 Å². The van der Waals surface area contributed by atoms with Crippen LogP contribution in [-0.2, 0) is 11.2 Å². The predicted octanol–water partition coefficient (Wildman–Crippen LogP) is 4.30. The molecule has 1 amide bonds. The number of nitrogens with zero attached hydrogens (tertiary/aromatic N) is 1. The van der Waals surface area contributed by atoms with Gasteiger partial charge in [0.05, 0.1) is 13.5 Å². The van der Waals surface area contributed by atoms with E-state index < -0.39 is 0 Å². The number of hydrogen-bond acceptors (Lipinski definition) is 2. The van der Waals surface area contributed by atoms with Crippen LogP contribution >= 0.6 is 0 Å². The zero-order valence-corrected chi connectivity index (χ0v) is 14.9. The Morgan fingerprint density at radius 3 is 2.70 bits per heavy atom. The monoisotopic (exact) mass is 317 g/mol. The van der Waals surface area contributed by atoms with Crippen LogP contribution < -0.4 is 4.74 Å². The molecule has 23 heavy (non-hydrogen) atoms. The van der Waals surface area contributed by atoms with Gasteiger partial charge in [-0.25, -0.2) is 0 Å². The lowest BCUT2D eigenvalue weighted by Gasteiger charge is -2.32. The van der Waals surface area contributed by atoms with Crippen molar-refractivity contribution in [1.82, 2.24) is 4.90 Å². The predicted molar refractivity (Wildman–Crippen MR) is 94.7 cm³/mol. The lowest BCUT2D eigenvalue weighted by Crippen LogP contribution is -2.39. The summed E-state index contributed by atoms with van der Waals surface area (Å²) in [7, 11) is 1.66. The Morgan fingerprint density at radius 1 is 1.30 bits per heavy atom. The van der Waals surface area contributed by atoms with Gasteiger partial charge in [0.1, 0.15) is 5.75 Å². The minimum absolute atomic E-state index is 0.249.